The van der Waals surface area contributed by atoms with Crippen molar-refractivity contribution >= 4 is 23.2 Å². The Hall–Kier alpha value is -1.13. The normalized spacial score (nSPS) is 12.6. The minimum Gasteiger partial charge on any atom is -0.395 e. The van der Waals surface area contributed by atoms with Crippen LogP contribution in [0.3, 0.4) is 0 Å². The highest BCUT2D eigenvalue weighted by Gasteiger charge is 2.16. The lowest BCUT2D eigenvalue weighted by molar-refractivity contribution is 0.151. The van der Waals surface area contributed by atoms with Crippen LogP contribution in [0.5, 0.6) is 0 Å². The number of aromatic nitrogens is 1. The molecule has 0 aliphatic carbocycles. The van der Waals surface area contributed by atoms with Gasteiger partial charge in [-0.1, -0.05) is 35.3 Å². The van der Waals surface area contributed by atoms with Crippen molar-refractivity contribution in [2.45, 2.75) is 19.5 Å². The lowest BCUT2D eigenvalue weighted by Gasteiger charge is -2.29. The van der Waals surface area contributed by atoms with Gasteiger partial charge in [-0.3, -0.25) is 9.88 Å². The average molecular weight is 325 g/mol. The van der Waals surface area contributed by atoms with Crippen LogP contribution in [0.25, 0.3) is 0 Å². The maximum absolute atomic E-state index is 9.30. The highest BCUT2D eigenvalue weighted by atomic mass is 35.5. The smallest absolute Gasteiger partial charge is 0.0595 e. The minimum absolute atomic E-state index is 0.103. The number of rotatable bonds is 6. The number of nitrogens with zero attached hydrogens (tertiary/aromatic N) is 2. The van der Waals surface area contributed by atoms with Crippen LogP contribution in [-0.2, 0) is 6.54 Å². The van der Waals surface area contributed by atoms with E-state index < -0.39 is 0 Å². The molecule has 1 atom stereocenters. The number of hydrogen-bond donors (Lipinski definition) is 1. The molecule has 112 valence electrons. The number of aliphatic hydroxyl groups excluding tert-OH is 1. The molecule has 0 radical (unpaired) electrons. The van der Waals surface area contributed by atoms with Gasteiger partial charge in [-0.2, -0.15) is 0 Å². The van der Waals surface area contributed by atoms with E-state index in [9.17, 15) is 5.11 Å². The first-order valence-corrected chi connectivity index (χ1v) is 7.56. The van der Waals surface area contributed by atoms with Crippen LogP contribution in [0.2, 0.25) is 10.0 Å². The first-order valence-electron chi connectivity index (χ1n) is 6.80. The molecule has 0 amide bonds. The predicted octanol–water partition coefficient (Wildman–Crippen LogP) is 3.94. The lowest BCUT2D eigenvalue weighted by Crippen LogP contribution is -2.29. The molecule has 0 fully saturated rings. The molecule has 0 spiro atoms. The zero-order chi connectivity index (χ0) is 15.2. The summed E-state index contributed by atoms with van der Waals surface area (Å²) < 4.78 is 0. The molecule has 5 heteroatoms. The van der Waals surface area contributed by atoms with Gasteiger partial charge in [0.25, 0.3) is 0 Å². The first-order chi connectivity index (χ1) is 10.1. The molecule has 1 unspecified atom stereocenters. The van der Waals surface area contributed by atoms with Crippen molar-refractivity contribution in [3.8, 4) is 0 Å². The maximum Gasteiger partial charge on any atom is 0.0595 e. The molecule has 0 aliphatic rings. The van der Waals surface area contributed by atoms with Crippen LogP contribution in [0.4, 0.5) is 0 Å². The van der Waals surface area contributed by atoms with Gasteiger partial charge in [0.2, 0.25) is 0 Å². The van der Waals surface area contributed by atoms with Crippen molar-refractivity contribution in [1.29, 1.82) is 0 Å². The molecule has 2 aromatic rings. The number of halogens is 2. The second-order valence-corrected chi connectivity index (χ2v) is 5.72. The predicted molar refractivity (Wildman–Crippen MR) is 86.6 cm³/mol. The van der Waals surface area contributed by atoms with Gasteiger partial charge in [0.15, 0.2) is 0 Å². The fourth-order valence-electron chi connectivity index (χ4n) is 2.25. The molecule has 3 nitrogen and oxygen atoms in total. The Morgan fingerprint density at radius 2 is 2.05 bits per heavy atom. The fraction of sp³-hybridized carbons (Fsp3) is 0.312. The molecular formula is C16H18Cl2N2O. The molecular weight excluding hydrogens is 307 g/mol. The summed E-state index contributed by atoms with van der Waals surface area (Å²) in [7, 11) is 0. The monoisotopic (exact) mass is 324 g/mol. The average Bonchev–Trinajstić information content (AvgIpc) is 2.50. The van der Waals surface area contributed by atoms with E-state index in [1.54, 1.807) is 12.3 Å². The lowest BCUT2D eigenvalue weighted by atomic mass is 10.1. The van der Waals surface area contributed by atoms with Gasteiger partial charge in [-0.25, -0.2) is 0 Å². The Morgan fingerprint density at radius 1 is 1.24 bits per heavy atom. The van der Waals surface area contributed by atoms with Crippen molar-refractivity contribution < 1.29 is 5.11 Å². The van der Waals surface area contributed by atoms with Gasteiger partial charge in [-0.15, -0.1) is 0 Å². The summed E-state index contributed by atoms with van der Waals surface area (Å²) in [4.78, 5) is 6.31. The van der Waals surface area contributed by atoms with Crippen molar-refractivity contribution in [3.63, 3.8) is 0 Å². The zero-order valence-corrected chi connectivity index (χ0v) is 13.3. The standard InChI is InChI=1S/C16H18Cl2N2O/c1-12(14-4-5-15(17)16(18)9-14)20(7-8-21)11-13-3-2-6-19-10-13/h2-6,9-10,12,21H,7-8,11H2,1H3. The van der Waals surface area contributed by atoms with E-state index in [4.69, 9.17) is 23.2 Å². The Bertz CT molecular complexity index is 578. The van der Waals surface area contributed by atoms with E-state index in [1.165, 1.54) is 0 Å². The molecule has 0 bridgehead atoms. The second kappa shape index (κ2) is 7.76. The van der Waals surface area contributed by atoms with Crippen molar-refractivity contribution in [2.75, 3.05) is 13.2 Å². The molecule has 0 saturated heterocycles. The quantitative estimate of drug-likeness (QED) is 0.874. The number of pyridine rings is 1. The summed E-state index contributed by atoms with van der Waals surface area (Å²) >= 11 is 12.1. The summed E-state index contributed by atoms with van der Waals surface area (Å²) in [5.41, 5.74) is 2.18. The van der Waals surface area contributed by atoms with E-state index in [0.29, 0.717) is 16.6 Å². The van der Waals surface area contributed by atoms with Crippen molar-refractivity contribution in [1.82, 2.24) is 9.88 Å². The van der Waals surface area contributed by atoms with Crippen LogP contribution >= 0.6 is 23.2 Å². The summed E-state index contributed by atoms with van der Waals surface area (Å²) in [6.45, 7) is 3.49. The second-order valence-electron chi connectivity index (χ2n) is 4.90. The SMILES string of the molecule is CC(c1ccc(Cl)c(Cl)c1)N(CCO)Cc1cccnc1. The fourth-order valence-corrected chi connectivity index (χ4v) is 2.55. The Kier molecular flexibility index (Phi) is 6.00. The van der Waals surface area contributed by atoms with Crippen molar-refractivity contribution in [2.24, 2.45) is 0 Å². The molecule has 0 aliphatic heterocycles. The van der Waals surface area contributed by atoms with E-state index in [2.05, 4.69) is 16.8 Å². The highest BCUT2D eigenvalue weighted by Crippen LogP contribution is 2.28. The van der Waals surface area contributed by atoms with Crippen LogP contribution in [0.15, 0.2) is 42.7 Å². The van der Waals surface area contributed by atoms with Gasteiger partial charge in [0.05, 0.1) is 16.7 Å². The van der Waals surface area contributed by atoms with Gasteiger partial charge in [0, 0.05) is 31.5 Å². The van der Waals surface area contributed by atoms with Gasteiger partial charge >= 0.3 is 0 Å². The Labute approximate surface area is 135 Å². The maximum atomic E-state index is 9.30. The van der Waals surface area contributed by atoms with Crippen LogP contribution in [0, 0.1) is 0 Å². The zero-order valence-electron chi connectivity index (χ0n) is 11.8. The molecule has 0 saturated carbocycles. The van der Waals surface area contributed by atoms with Gasteiger partial charge < -0.3 is 5.11 Å². The third kappa shape index (κ3) is 4.42. The third-order valence-electron chi connectivity index (χ3n) is 3.47. The van der Waals surface area contributed by atoms with Crippen LogP contribution in [-0.4, -0.2) is 28.1 Å². The Morgan fingerprint density at radius 3 is 2.67 bits per heavy atom. The number of benzene rings is 1. The van der Waals surface area contributed by atoms with Gasteiger partial charge in [-0.05, 0) is 36.2 Å². The molecule has 21 heavy (non-hydrogen) atoms. The summed E-state index contributed by atoms with van der Waals surface area (Å²) in [5, 5.41) is 10.4. The summed E-state index contributed by atoms with van der Waals surface area (Å²) in [6.07, 6.45) is 3.59. The summed E-state index contributed by atoms with van der Waals surface area (Å²) in [6, 6.07) is 9.70. The third-order valence-corrected chi connectivity index (χ3v) is 4.21. The van der Waals surface area contributed by atoms with Crippen molar-refractivity contribution in [3.05, 3.63) is 63.9 Å². The largest absolute Gasteiger partial charge is 0.395 e. The molecule has 1 aromatic carbocycles. The number of hydrogen-bond acceptors (Lipinski definition) is 3. The topological polar surface area (TPSA) is 36.4 Å². The molecule has 2 rings (SSSR count). The number of aliphatic hydroxyl groups is 1. The van der Waals surface area contributed by atoms with E-state index in [0.717, 1.165) is 17.7 Å². The highest BCUT2D eigenvalue weighted by molar-refractivity contribution is 6.42. The van der Waals surface area contributed by atoms with Gasteiger partial charge in [0.1, 0.15) is 0 Å². The molecule has 1 heterocycles. The molecule has 1 N–H and O–H groups in total. The van der Waals surface area contributed by atoms with Crippen LogP contribution < -0.4 is 0 Å². The van der Waals surface area contributed by atoms with E-state index >= 15 is 0 Å². The molecule has 1 aromatic heterocycles. The summed E-state index contributed by atoms with van der Waals surface area (Å²) in [5.74, 6) is 0. The van der Waals surface area contributed by atoms with E-state index in [-0.39, 0.29) is 12.6 Å². The van der Waals surface area contributed by atoms with E-state index in [1.807, 2.05) is 30.5 Å². The van der Waals surface area contributed by atoms with Crippen LogP contribution in [0.1, 0.15) is 24.1 Å². The minimum atomic E-state index is 0.103. The Balaban J connectivity index is 2.18. The first kappa shape index (κ1) is 16.2.